The molecule has 0 aliphatic heterocycles. The first kappa shape index (κ1) is 15.4. The van der Waals surface area contributed by atoms with Crippen LogP contribution >= 0.6 is 0 Å². The van der Waals surface area contributed by atoms with Gasteiger partial charge in [0.15, 0.2) is 0 Å². The predicted octanol–water partition coefficient (Wildman–Crippen LogP) is 3.80. The maximum Gasteiger partial charge on any atom is 0.130 e. The predicted molar refractivity (Wildman–Crippen MR) is 86.7 cm³/mol. The van der Waals surface area contributed by atoms with E-state index in [1.807, 2.05) is 30.7 Å². The van der Waals surface area contributed by atoms with E-state index in [0.717, 1.165) is 40.5 Å². The second-order valence-corrected chi connectivity index (χ2v) is 5.78. The Hall–Kier alpha value is -1.97. The van der Waals surface area contributed by atoms with Crippen LogP contribution in [0.1, 0.15) is 49.2 Å². The lowest BCUT2D eigenvalue weighted by atomic mass is 9.99. The van der Waals surface area contributed by atoms with E-state index >= 15 is 0 Å². The van der Waals surface area contributed by atoms with Gasteiger partial charge in [-0.3, -0.25) is 4.68 Å². The molecule has 0 saturated carbocycles. The number of rotatable bonds is 5. The molecule has 1 aromatic carbocycles. The Balaban J connectivity index is 2.25. The molecule has 4 nitrogen and oxygen atoms in total. The lowest BCUT2D eigenvalue weighted by Gasteiger charge is -2.16. The number of aryl methyl sites for hydroxylation is 3. The Labute approximate surface area is 126 Å². The van der Waals surface area contributed by atoms with Crippen molar-refractivity contribution in [1.82, 2.24) is 9.78 Å². The zero-order valence-corrected chi connectivity index (χ0v) is 13.6. The summed E-state index contributed by atoms with van der Waals surface area (Å²) in [4.78, 5) is 0. The van der Waals surface area contributed by atoms with Crippen molar-refractivity contribution in [1.29, 1.82) is 0 Å². The first-order valence-electron chi connectivity index (χ1n) is 7.48. The molecular formula is C17H25N3O. The van der Waals surface area contributed by atoms with E-state index in [1.165, 1.54) is 0 Å². The molecule has 0 saturated heterocycles. The topological polar surface area (TPSA) is 53.1 Å². The van der Waals surface area contributed by atoms with Crippen LogP contribution in [0.15, 0.2) is 18.2 Å². The third kappa shape index (κ3) is 3.38. The van der Waals surface area contributed by atoms with Gasteiger partial charge < -0.3 is 10.5 Å². The van der Waals surface area contributed by atoms with Gasteiger partial charge in [0.25, 0.3) is 0 Å². The summed E-state index contributed by atoms with van der Waals surface area (Å²) in [5, 5.41) is 4.45. The molecule has 1 aromatic heterocycles. The molecule has 0 atom stereocenters. The van der Waals surface area contributed by atoms with Crippen LogP contribution in [0.5, 0.6) is 5.75 Å². The molecule has 0 amide bonds. The maximum atomic E-state index is 6.06. The van der Waals surface area contributed by atoms with Gasteiger partial charge in [0.2, 0.25) is 0 Å². The fourth-order valence-electron chi connectivity index (χ4n) is 2.43. The Bertz CT molecular complexity index is 629. The van der Waals surface area contributed by atoms with E-state index in [4.69, 9.17) is 10.5 Å². The number of nitrogens with zero attached hydrogens (tertiary/aromatic N) is 2. The van der Waals surface area contributed by atoms with Crippen molar-refractivity contribution in [2.24, 2.45) is 0 Å². The molecular weight excluding hydrogens is 262 g/mol. The SMILES string of the molecule is CCn1nc(C)cc1COc1cc(C)c(N)cc1C(C)C. The van der Waals surface area contributed by atoms with Crippen LogP contribution in [0.3, 0.4) is 0 Å². The molecule has 0 spiro atoms. The highest BCUT2D eigenvalue weighted by Crippen LogP contribution is 2.31. The molecule has 1 heterocycles. The zero-order chi connectivity index (χ0) is 15.6. The normalized spacial score (nSPS) is 11.1. The number of nitrogen functional groups attached to an aromatic ring is 1. The van der Waals surface area contributed by atoms with E-state index in [1.54, 1.807) is 0 Å². The van der Waals surface area contributed by atoms with Gasteiger partial charge in [-0.15, -0.1) is 0 Å². The molecule has 0 aliphatic rings. The number of aromatic nitrogens is 2. The highest BCUT2D eigenvalue weighted by molar-refractivity contribution is 5.55. The second-order valence-electron chi connectivity index (χ2n) is 5.78. The molecule has 0 fully saturated rings. The van der Waals surface area contributed by atoms with Crippen molar-refractivity contribution in [3.8, 4) is 5.75 Å². The monoisotopic (exact) mass is 287 g/mol. The Morgan fingerprint density at radius 1 is 1.24 bits per heavy atom. The summed E-state index contributed by atoms with van der Waals surface area (Å²) in [6.45, 7) is 11.8. The van der Waals surface area contributed by atoms with Crippen LogP contribution in [0.25, 0.3) is 0 Å². The lowest BCUT2D eigenvalue weighted by molar-refractivity contribution is 0.288. The summed E-state index contributed by atoms with van der Waals surface area (Å²) in [5.41, 5.74) is 11.2. The van der Waals surface area contributed by atoms with Crippen LogP contribution < -0.4 is 10.5 Å². The number of nitrogens with two attached hydrogens (primary N) is 1. The van der Waals surface area contributed by atoms with Crippen molar-refractivity contribution < 1.29 is 4.74 Å². The molecule has 2 aromatic rings. The van der Waals surface area contributed by atoms with E-state index in [9.17, 15) is 0 Å². The molecule has 21 heavy (non-hydrogen) atoms. The molecule has 0 bridgehead atoms. The molecule has 0 aliphatic carbocycles. The van der Waals surface area contributed by atoms with E-state index in [2.05, 4.69) is 31.9 Å². The van der Waals surface area contributed by atoms with Crippen LogP contribution in [0, 0.1) is 13.8 Å². The van der Waals surface area contributed by atoms with Crippen molar-refractivity contribution in [3.05, 3.63) is 40.7 Å². The fourth-order valence-corrected chi connectivity index (χ4v) is 2.43. The van der Waals surface area contributed by atoms with Crippen LogP contribution in [0.2, 0.25) is 0 Å². The first-order valence-corrected chi connectivity index (χ1v) is 7.48. The van der Waals surface area contributed by atoms with E-state index in [0.29, 0.717) is 12.5 Å². The summed E-state index contributed by atoms with van der Waals surface area (Å²) in [6.07, 6.45) is 0. The molecule has 2 N–H and O–H groups in total. The Kier molecular flexibility index (Phi) is 4.56. The number of hydrogen-bond acceptors (Lipinski definition) is 3. The fraction of sp³-hybridized carbons (Fsp3) is 0.471. The minimum Gasteiger partial charge on any atom is -0.487 e. The summed E-state index contributed by atoms with van der Waals surface area (Å²) in [5.74, 6) is 1.29. The highest BCUT2D eigenvalue weighted by atomic mass is 16.5. The molecule has 114 valence electrons. The van der Waals surface area contributed by atoms with Gasteiger partial charge in [-0.2, -0.15) is 5.10 Å². The number of hydrogen-bond donors (Lipinski definition) is 1. The van der Waals surface area contributed by atoms with Gasteiger partial charge in [0, 0.05) is 12.2 Å². The third-order valence-electron chi connectivity index (χ3n) is 3.68. The van der Waals surface area contributed by atoms with Crippen LogP contribution in [0.4, 0.5) is 5.69 Å². The van der Waals surface area contributed by atoms with Gasteiger partial charge in [-0.05, 0) is 56.0 Å². The van der Waals surface area contributed by atoms with Crippen molar-refractivity contribution in [2.75, 3.05) is 5.73 Å². The molecule has 2 rings (SSSR count). The Morgan fingerprint density at radius 2 is 1.95 bits per heavy atom. The molecule has 4 heteroatoms. The van der Waals surface area contributed by atoms with Gasteiger partial charge in [-0.25, -0.2) is 0 Å². The van der Waals surface area contributed by atoms with Gasteiger partial charge >= 0.3 is 0 Å². The molecule has 0 unspecified atom stereocenters. The van der Waals surface area contributed by atoms with Crippen LogP contribution in [-0.2, 0) is 13.2 Å². The van der Waals surface area contributed by atoms with Gasteiger partial charge in [0.1, 0.15) is 12.4 Å². The average molecular weight is 287 g/mol. The number of anilines is 1. The van der Waals surface area contributed by atoms with Crippen LogP contribution in [-0.4, -0.2) is 9.78 Å². The summed E-state index contributed by atoms with van der Waals surface area (Å²) in [7, 11) is 0. The largest absolute Gasteiger partial charge is 0.487 e. The number of benzene rings is 1. The van der Waals surface area contributed by atoms with Gasteiger partial charge in [0.05, 0.1) is 11.4 Å². The minimum absolute atomic E-state index is 0.376. The summed E-state index contributed by atoms with van der Waals surface area (Å²) >= 11 is 0. The maximum absolute atomic E-state index is 6.06. The average Bonchev–Trinajstić information content (AvgIpc) is 2.79. The van der Waals surface area contributed by atoms with Crippen molar-refractivity contribution in [3.63, 3.8) is 0 Å². The summed E-state index contributed by atoms with van der Waals surface area (Å²) in [6, 6.07) is 6.13. The first-order chi connectivity index (χ1) is 9.92. The van der Waals surface area contributed by atoms with Crippen molar-refractivity contribution in [2.45, 2.75) is 53.7 Å². The lowest BCUT2D eigenvalue weighted by Crippen LogP contribution is -2.08. The smallest absolute Gasteiger partial charge is 0.130 e. The quantitative estimate of drug-likeness (QED) is 0.851. The second kappa shape index (κ2) is 6.20. The van der Waals surface area contributed by atoms with Crippen molar-refractivity contribution >= 4 is 5.69 Å². The van der Waals surface area contributed by atoms with E-state index in [-0.39, 0.29) is 0 Å². The zero-order valence-electron chi connectivity index (χ0n) is 13.6. The number of ether oxygens (including phenoxy) is 1. The molecule has 0 radical (unpaired) electrons. The summed E-state index contributed by atoms with van der Waals surface area (Å²) < 4.78 is 8.04. The minimum atomic E-state index is 0.376. The van der Waals surface area contributed by atoms with E-state index < -0.39 is 0 Å². The Morgan fingerprint density at radius 3 is 2.57 bits per heavy atom. The highest BCUT2D eigenvalue weighted by Gasteiger charge is 2.12. The van der Waals surface area contributed by atoms with Gasteiger partial charge in [-0.1, -0.05) is 13.8 Å². The third-order valence-corrected chi connectivity index (χ3v) is 3.68. The standard InChI is InChI=1S/C17H25N3O/c1-6-20-14(8-13(5)19-20)10-21-17-7-12(4)16(18)9-15(17)11(2)3/h7-9,11H,6,10,18H2,1-5H3.